The smallest absolute Gasteiger partial charge is 0.511 e. The number of ether oxygens (including phenoxy) is 3. The van der Waals surface area contributed by atoms with Crippen LogP contribution in [0.1, 0.15) is 108 Å². The van der Waals surface area contributed by atoms with E-state index in [-0.39, 0.29) is 37.1 Å². The maximum atomic E-state index is 13.8. The fourth-order valence-corrected chi connectivity index (χ4v) is 5.41. The molecule has 3 aromatic rings. The number of aryl methyl sites for hydroxylation is 1. The zero-order valence-electron chi connectivity index (χ0n) is 33.9. The molecule has 1 aromatic heterocycles. The molecular weight excluding hydrogens is 722 g/mol. The highest BCUT2D eigenvalue weighted by atomic mass is 16.8. The molecule has 0 saturated carbocycles. The Morgan fingerprint density at radius 2 is 1.73 bits per heavy atom. The van der Waals surface area contributed by atoms with Crippen molar-refractivity contribution in [3.05, 3.63) is 82.1 Å². The van der Waals surface area contributed by atoms with Crippen molar-refractivity contribution >= 4 is 24.7 Å². The number of imidazole rings is 1. The molecule has 2 atom stereocenters. The Morgan fingerprint density at radius 1 is 1.07 bits per heavy atom. The SMILES string of the molecule is C=NN/C(=N\N)c1ccccc1-c1ccc(Cn2c(CCC)nc(C(C)(C)O)c2C(=O)OC(C)OC(=O)OCCC(C)CCO/N=[N+](\[O-])N(C)C(C)(C)C)cc1. The van der Waals surface area contributed by atoms with E-state index < -0.39 is 29.6 Å². The molecule has 1 heterocycles. The highest BCUT2D eigenvalue weighted by Crippen LogP contribution is 2.29. The summed E-state index contributed by atoms with van der Waals surface area (Å²) in [6.45, 7) is 18.0. The first-order valence-electron chi connectivity index (χ1n) is 18.5. The minimum absolute atomic E-state index is 0.0407. The van der Waals surface area contributed by atoms with Crippen LogP contribution in [0, 0.1) is 11.1 Å². The molecule has 0 amide bonds. The first-order chi connectivity index (χ1) is 26.4. The second-order valence-corrected chi connectivity index (χ2v) is 14.8. The third kappa shape index (κ3) is 12.7. The van der Waals surface area contributed by atoms with Crippen molar-refractivity contribution in [1.29, 1.82) is 0 Å². The number of benzene rings is 2. The Kier molecular flexibility index (Phi) is 16.2. The van der Waals surface area contributed by atoms with Crippen molar-refractivity contribution in [3.8, 4) is 11.1 Å². The second kappa shape index (κ2) is 20.3. The van der Waals surface area contributed by atoms with E-state index in [9.17, 15) is 19.9 Å². The van der Waals surface area contributed by atoms with Crippen molar-refractivity contribution in [2.24, 2.45) is 27.2 Å². The van der Waals surface area contributed by atoms with Crippen LogP contribution in [-0.2, 0) is 37.6 Å². The van der Waals surface area contributed by atoms with E-state index >= 15 is 0 Å². The van der Waals surface area contributed by atoms with Crippen LogP contribution in [0.5, 0.6) is 0 Å². The number of carbonyl (C=O) groups excluding carboxylic acids is 2. The molecule has 56 heavy (non-hydrogen) atoms. The lowest BCUT2D eigenvalue weighted by Gasteiger charge is -2.26. The predicted molar refractivity (Wildman–Crippen MR) is 211 cm³/mol. The predicted octanol–water partition coefficient (Wildman–Crippen LogP) is 6.22. The Balaban J connectivity index is 1.68. The van der Waals surface area contributed by atoms with Gasteiger partial charge >= 0.3 is 12.1 Å². The van der Waals surface area contributed by atoms with Crippen LogP contribution in [0.3, 0.4) is 0 Å². The Hall–Kier alpha value is -5.71. The van der Waals surface area contributed by atoms with Gasteiger partial charge < -0.3 is 39.8 Å². The van der Waals surface area contributed by atoms with Crippen LogP contribution in [0.15, 0.2) is 64.0 Å². The molecule has 0 aliphatic heterocycles. The zero-order valence-corrected chi connectivity index (χ0v) is 33.9. The number of aliphatic hydroxyl groups is 1. The summed E-state index contributed by atoms with van der Waals surface area (Å²) >= 11 is 0. The summed E-state index contributed by atoms with van der Waals surface area (Å²) in [5, 5.41) is 35.6. The van der Waals surface area contributed by atoms with Gasteiger partial charge in [0, 0.05) is 32.2 Å². The summed E-state index contributed by atoms with van der Waals surface area (Å²) in [5.41, 5.74) is 4.31. The summed E-state index contributed by atoms with van der Waals surface area (Å²) in [7, 11) is 1.62. The van der Waals surface area contributed by atoms with E-state index in [1.165, 1.54) is 25.8 Å². The number of esters is 1. The summed E-state index contributed by atoms with van der Waals surface area (Å²) in [5.74, 6) is 5.80. The molecule has 3 rings (SSSR count). The van der Waals surface area contributed by atoms with Gasteiger partial charge in [0.2, 0.25) is 11.6 Å². The van der Waals surface area contributed by atoms with E-state index in [0.29, 0.717) is 35.9 Å². The molecule has 0 radical (unpaired) electrons. The highest BCUT2D eigenvalue weighted by molar-refractivity contribution is 6.04. The van der Waals surface area contributed by atoms with Crippen molar-refractivity contribution in [2.45, 2.75) is 105 Å². The first kappa shape index (κ1) is 44.7. The molecule has 2 aromatic carbocycles. The van der Waals surface area contributed by atoms with E-state index in [1.54, 1.807) is 11.6 Å². The van der Waals surface area contributed by atoms with Gasteiger partial charge in [0.25, 0.3) is 0 Å². The lowest BCUT2D eigenvalue weighted by Crippen LogP contribution is -2.42. The van der Waals surface area contributed by atoms with Gasteiger partial charge in [-0.3, -0.25) is 5.43 Å². The lowest BCUT2D eigenvalue weighted by atomic mass is 9.98. The zero-order chi connectivity index (χ0) is 41.6. The molecule has 17 heteroatoms. The minimum Gasteiger partial charge on any atom is -0.569 e. The first-order valence-corrected chi connectivity index (χ1v) is 18.5. The van der Waals surface area contributed by atoms with Gasteiger partial charge in [0.15, 0.2) is 11.5 Å². The number of aromatic nitrogens is 2. The summed E-state index contributed by atoms with van der Waals surface area (Å²) < 4.78 is 17.7. The van der Waals surface area contributed by atoms with E-state index in [1.807, 2.05) is 83.1 Å². The normalized spacial score (nSPS) is 13.4. The number of hydrogen-bond donors (Lipinski definition) is 3. The number of hydrazone groups is 2. The molecule has 0 spiro atoms. The number of nitrogens with one attached hydrogen (secondary N) is 1. The van der Waals surface area contributed by atoms with Crippen LogP contribution in [0.2, 0.25) is 0 Å². The molecule has 17 nitrogen and oxygen atoms in total. The van der Waals surface area contributed by atoms with Gasteiger partial charge in [-0.15, -0.1) is 5.01 Å². The maximum absolute atomic E-state index is 13.8. The number of hydrogen-bond acceptors (Lipinski definition) is 13. The average molecular weight is 780 g/mol. The second-order valence-electron chi connectivity index (χ2n) is 14.8. The monoisotopic (exact) mass is 779 g/mol. The van der Waals surface area contributed by atoms with Crippen molar-refractivity contribution in [1.82, 2.24) is 20.0 Å². The molecule has 0 fully saturated rings. The molecule has 306 valence electrons. The van der Waals surface area contributed by atoms with Gasteiger partial charge in [-0.05, 0) is 76.5 Å². The Labute approximate surface area is 328 Å². The third-order valence-electron chi connectivity index (χ3n) is 8.82. The number of carbonyl (C=O) groups is 2. The van der Waals surface area contributed by atoms with Gasteiger partial charge in [0.1, 0.15) is 23.7 Å². The molecule has 4 N–H and O–H groups in total. The lowest BCUT2D eigenvalue weighted by molar-refractivity contribution is -0.719. The number of hydrazine groups is 1. The number of nitrogens with two attached hydrogens (primary N) is 1. The molecule has 0 aliphatic carbocycles. The summed E-state index contributed by atoms with van der Waals surface area (Å²) in [6.07, 6.45) is -0.0215. The highest BCUT2D eigenvalue weighted by Gasteiger charge is 2.34. The summed E-state index contributed by atoms with van der Waals surface area (Å²) in [4.78, 5) is 36.5. The number of nitrogens with zero attached hydrogens (tertiary/aromatic N) is 7. The molecule has 0 saturated heterocycles. The fraction of sp³-hybridized carbons (Fsp3) is 0.513. The molecule has 2 unspecified atom stereocenters. The quantitative estimate of drug-likeness (QED) is 0.0142. The van der Waals surface area contributed by atoms with Crippen LogP contribution in [-0.4, -0.2) is 81.4 Å². The molecular formula is C39H57N9O8. The van der Waals surface area contributed by atoms with Crippen molar-refractivity contribution < 1.29 is 38.7 Å². The van der Waals surface area contributed by atoms with Crippen molar-refractivity contribution in [3.63, 3.8) is 0 Å². The number of amidine groups is 1. The number of rotatable bonds is 19. The largest absolute Gasteiger partial charge is 0.569 e. The van der Waals surface area contributed by atoms with Gasteiger partial charge in [-0.2, -0.15) is 10.2 Å². The topological polar surface area (TPSA) is 214 Å². The maximum Gasteiger partial charge on any atom is 0.511 e. The fourth-order valence-electron chi connectivity index (χ4n) is 5.41. The van der Waals surface area contributed by atoms with Crippen LogP contribution in [0.4, 0.5) is 4.79 Å². The van der Waals surface area contributed by atoms with Gasteiger partial charge in [-0.25, -0.2) is 14.6 Å². The third-order valence-corrected chi connectivity index (χ3v) is 8.82. The van der Waals surface area contributed by atoms with Crippen LogP contribution >= 0.6 is 0 Å². The van der Waals surface area contributed by atoms with Gasteiger partial charge in [-0.1, -0.05) is 62.4 Å². The molecule has 0 bridgehead atoms. The van der Waals surface area contributed by atoms with E-state index in [4.69, 9.17) is 24.9 Å². The minimum atomic E-state index is -1.50. The standard InChI is InChI=1S/C39H57N9O8/c1-11-14-32-42-34(39(7,8)51)33(47(32)25-28-17-19-29(20-18-28)30-15-12-13-16-31(30)35(43-40)44-41-9)36(49)55-27(3)56-37(50)53-23-21-26(2)22-24-54-45-48(52)46(10)38(4,5)6/h12-13,15-20,26-27,51H,9,11,14,21-25,40H2,1-8,10H3,(H,43,44)/b48-45-. The van der Waals surface area contributed by atoms with E-state index in [0.717, 1.165) is 28.7 Å². The van der Waals surface area contributed by atoms with Crippen LogP contribution in [0.25, 0.3) is 11.1 Å². The molecule has 0 aliphatic rings. The van der Waals surface area contributed by atoms with Gasteiger partial charge in [0.05, 0.1) is 24.2 Å². The van der Waals surface area contributed by atoms with E-state index in [2.05, 4.69) is 32.6 Å². The summed E-state index contributed by atoms with van der Waals surface area (Å²) in [6, 6.07) is 15.3. The van der Waals surface area contributed by atoms with Crippen molar-refractivity contribution in [2.75, 3.05) is 20.3 Å². The van der Waals surface area contributed by atoms with Crippen LogP contribution < -0.4 is 11.3 Å². The average Bonchev–Trinajstić information content (AvgIpc) is 3.50. The Bertz CT molecular complexity index is 1830. The Morgan fingerprint density at radius 3 is 2.34 bits per heavy atom.